The van der Waals surface area contributed by atoms with E-state index in [9.17, 15) is 0 Å². The van der Waals surface area contributed by atoms with Crippen LogP contribution in [0.5, 0.6) is 0 Å². The first-order chi connectivity index (χ1) is 6.59. The van der Waals surface area contributed by atoms with Gasteiger partial charge in [-0.2, -0.15) is 0 Å². The van der Waals surface area contributed by atoms with Crippen molar-refractivity contribution in [1.82, 2.24) is 0 Å². The van der Waals surface area contributed by atoms with Gasteiger partial charge in [0.2, 0.25) is 0 Å². The van der Waals surface area contributed by atoms with Crippen LogP contribution >= 0.6 is 15.9 Å². The number of hydrogen-bond acceptors (Lipinski definition) is 1. The topological polar surface area (TPSA) is 3.24 Å². The summed E-state index contributed by atoms with van der Waals surface area (Å²) in [6, 6.07) is 6.62. The maximum atomic E-state index is 3.52. The van der Waals surface area contributed by atoms with Gasteiger partial charge < -0.3 is 4.90 Å². The highest BCUT2D eigenvalue weighted by Gasteiger charge is 2.28. The van der Waals surface area contributed by atoms with E-state index in [1.54, 1.807) is 0 Å². The third kappa shape index (κ3) is 1.56. The number of rotatable bonds is 1. The summed E-state index contributed by atoms with van der Waals surface area (Å²) in [6.07, 6.45) is 0. The smallest absolute Gasteiger partial charge is 0.0411 e. The third-order valence-corrected chi connectivity index (χ3v) is 3.57. The van der Waals surface area contributed by atoms with Crippen LogP contribution < -0.4 is 4.90 Å². The van der Waals surface area contributed by atoms with Gasteiger partial charge in [0.25, 0.3) is 0 Å². The van der Waals surface area contributed by atoms with E-state index >= 15 is 0 Å². The van der Waals surface area contributed by atoms with Gasteiger partial charge in [0.1, 0.15) is 0 Å². The van der Waals surface area contributed by atoms with Crippen LogP contribution in [0.3, 0.4) is 0 Å². The van der Waals surface area contributed by atoms with Crippen LogP contribution in [0.1, 0.15) is 25.3 Å². The number of halogens is 1. The normalized spacial score (nSPS) is 20.4. The summed E-state index contributed by atoms with van der Waals surface area (Å²) < 4.78 is 1.17. The zero-order valence-electron chi connectivity index (χ0n) is 8.92. The van der Waals surface area contributed by atoms with Crippen molar-refractivity contribution in [3.63, 3.8) is 0 Å². The molecule has 1 aliphatic heterocycles. The van der Waals surface area contributed by atoms with Crippen molar-refractivity contribution in [2.24, 2.45) is 5.92 Å². The first-order valence-corrected chi connectivity index (χ1v) is 5.89. The van der Waals surface area contributed by atoms with Gasteiger partial charge >= 0.3 is 0 Å². The second-order valence-corrected chi connectivity index (χ2v) is 5.35. The third-order valence-electron chi connectivity index (χ3n) is 3.08. The zero-order chi connectivity index (χ0) is 10.3. The molecule has 0 bridgehead atoms. The Kier molecular flexibility index (Phi) is 2.56. The highest BCUT2D eigenvalue weighted by Crippen LogP contribution is 2.40. The summed E-state index contributed by atoms with van der Waals surface area (Å²) in [6.45, 7) is 5.76. The van der Waals surface area contributed by atoms with E-state index in [0.717, 1.165) is 12.5 Å². The van der Waals surface area contributed by atoms with Crippen LogP contribution in [0.25, 0.3) is 0 Å². The zero-order valence-corrected chi connectivity index (χ0v) is 10.5. The molecule has 76 valence electrons. The van der Waals surface area contributed by atoms with Crippen molar-refractivity contribution in [3.05, 3.63) is 28.2 Å². The number of nitrogens with zero attached hydrogens (tertiary/aromatic N) is 1. The molecule has 2 rings (SSSR count). The summed E-state index contributed by atoms with van der Waals surface area (Å²) in [5.41, 5.74) is 2.89. The summed E-state index contributed by atoms with van der Waals surface area (Å²) in [4.78, 5) is 2.35. The maximum absolute atomic E-state index is 3.52. The highest BCUT2D eigenvalue weighted by molar-refractivity contribution is 9.10. The van der Waals surface area contributed by atoms with Gasteiger partial charge in [-0.15, -0.1) is 0 Å². The fourth-order valence-corrected chi connectivity index (χ4v) is 2.57. The maximum Gasteiger partial charge on any atom is 0.0411 e. The van der Waals surface area contributed by atoms with Gasteiger partial charge in [-0.1, -0.05) is 35.8 Å². The van der Waals surface area contributed by atoms with Crippen LogP contribution in [0.2, 0.25) is 0 Å². The predicted octanol–water partition coefficient (Wildman–Crippen LogP) is 3.64. The van der Waals surface area contributed by atoms with E-state index in [2.05, 4.69) is 59.9 Å². The average molecular weight is 254 g/mol. The minimum absolute atomic E-state index is 0.697. The summed E-state index contributed by atoms with van der Waals surface area (Å²) in [5, 5.41) is 0. The molecule has 0 radical (unpaired) electrons. The Hall–Kier alpha value is -0.500. The summed E-state index contributed by atoms with van der Waals surface area (Å²) in [5.74, 6) is 1.42. The van der Waals surface area contributed by atoms with Crippen LogP contribution in [0, 0.1) is 5.92 Å². The molecule has 0 spiro atoms. The van der Waals surface area contributed by atoms with Crippen LogP contribution in [0.4, 0.5) is 5.69 Å². The Morgan fingerprint density at radius 2 is 2.14 bits per heavy atom. The molecule has 1 unspecified atom stereocenters. The molecule has 0 aliphatic carbocycles. The monoisotopic (exact) mass is 253 g/mol. The summed E-state index contributed by atoms with van der Waals surface area (Å²) >= 11 is 3.52. The molecule has 1 aromatic rings. The molecule has 0 fully saturated rings. The number of likely N-dealkylation sites (N-methyl/N-ethyl adjacent to an activating group) is 1. The molecule has 0 saturated heterocycles. The first kappa shape index (κ1) is 10.0. The molecule has 1 aliphatic rings. The lowest BCUT2D eigenvalue weighted by Gasteiger charge is -2.15. The molecule has 1 aromatic carbocycles. The average Bonchev–Trinajstić information content (AvgIpc) is 2.44. The second-order valence-electron chi connectivity index (χ2n) is 4.43. The number of anilines is 1. The molecular weight excluding hydrogens is 238 g/mol. The largest absolute Gasteiger partial charge is 0.374 e. The van der Waals surface area contributed by atoms with E-state index < -0.39 is 0 Å². The Bertz CT molecular complexity index is 346. The van der Waals surface area contributed by atoms with Gasteiger partial charge in [0.15, 0.2) is 0 Å². The molecule has 0 saturated carbocycles. The van der Waals surface area contributed by atoms with Gasteiger partial charge in [0, 0.05) is 29.7 Å². The lowest BCUT2D eigenvalue weighted by atomic mass is 9.90. The molecular formula is C12H16BrN. The summed E-state index contributed by atoms with van der Waals surface area (Å²) in [7, 11) is 2.17. The van der Waals surface area contributed by atoms with Gasteiger partial charge in [-0.3, -0.25) is 0 Å². The van der Waals surface area contributed by atoms with Gasteiger partial charge in [-0.25, -0.2) is 0 Å². The number of hydrogen-bond donors (Lipinski definition) is 0. The highest BCUT2D eigenvalue weighted by atomic mass is 79.9. The lowest BCUT2D eigenvalue weighted by molar-refractivity contribution is 0.521. The van der Waals surface area contributed by atoms with Crippen LogP contribution in [-0.2, 0) is 0 Å². The molecule has 0 N–H and O–H groups in total. The van der Waals surface area contributed by atoms with Crippen molar-refractivity contribution in [3.8, 4) is 0 Å². The second kappa shape index (κ2) is 3.58. The van der Waals surface area contributed by atoms with E-state index in [1.165, 1.54) is 15.7 Å². The van der Waals surface area contributed by atoms with E-state index in [1.807, 2.05) is 0 Å². The first-order valence-electron chi connectivity index (χ1n) is 5.10. The molecule has 0 aromatic heterocycles. The minimum Gasteiger partial charge on any atom is -0.374 e. The lowest BCUT2D eigenvalue weighted by Crippen LogP contribution is -2.17. The molecule has 1 atom stereocenters. The SMILES string of the molecule is CC(C)C1CN(C)c2cc(Br)ccc21. The fraction of sp³-hybridized carbons (Fsp3) is 0.500. The standard InChI is InChI=1S/C12H16BrN/c1-8(2)11-7-14(3)12-6-9(13)4-5-10(11)12/h4-6,8,11H,7H2,1-3H3. The van der Waals surface area contributed by atoms with Crippen molar-refractivity contribution >= 4 is 21.6 Å². The van der Waals surface area contributed by atoms with E-state index in [-0.39, 0.29) is 0 Å². The molecule has 0 amide bonds. The van der Waals surface area contributed by atoms with Gasteiger partial charge in [0.05, 0.1) is 0 Å². The Labute approximate surface area is 94.2 Å². The quantitative estimate of drug-likeness (QED) is 0.739. The molecule has 2 heteroatoms. The van der Waals surface area contributed by atoms with Crippen molar-refractivity contribution < 1.29 is 0 Å². The predicted molar refractivity (Wildman–Crippen MR) is 65.0 cm³/mol. The van der Waals surface area contributed by atoms with E-state index in [4.69, 9.17) is 0 Å². The van der Waals surface area contributed by atoms with Crippen LogP contribution in [0.15, 0.2) is 22.7 Å². The Morgan fingerprint density at radius 1 is 1.43 bits per heavy atom. The Morgan fingerprint density at radius 3 is 2.79 bits per heavy atom. The molecule has 1 nitrogen and oxygen atoms in total. The number of fused-ring (bicyclic) bond motifs is 1. The van der Waals surface area contributed by atoms with E-state index in [0.29, 0.717) is 5.92 Å². The Balaban J connectivity index is 2.44. The minimum atomic E-state index is 0.697. The van der Waals surface area contributed by atoms with Crippen molar-refractivity contribution in [2.45, 2.75) is 19.8 Å². The van der Waals surface area contributed by atoms with Gasteiger partial charge in [-0.05, 0) is 23.6 Å². The number of benzene rings is 1. The fourth-order valence-electron chi connectivity index (χ4n) is 2.22. The van der Waals surface area contributed by atoms with Crippen molar-refractivity contribution in [1.29, 1.82) is 0 Å². The molecule has 14 heavy (non-hydrogen) atoms. The van der Waals surface area contributed by atoms with Crippen LogP contribution in [-0.4, -0.2) is 13.6 Å². The molecule has 1 heterocycles. The van der Waals surface area contributed by atoms with Crippen molar-refractivity contribution in [2.75, 3.05) is 18.5 Å².